The van der Waals surface area contributed by atoms with Gasteiger partial charge < -0.3 is 10.4 Å². The maximum Gasteiger partial charge on any atom is 0.324 e. The van der Waals surface area contributed by atoms with E-state index in [0.29, 0.717) is 19.0 Å². The van der Waals surface area contributed by atoms with Crippen LogP contribution in [0, 0.1) is 0 Å². The van der Waals surface area contributed by atoms with E-state index in [4.69, 9.17) is 0 Å². The lowest BCUT2D eigenvalue weighted by molar-refractivity contribution is -0.140. The van der Waals surface area contributed by atoms with Crippen molar-refractivity contribution >= 4 is 40.4 Å². The Labute approximate surface area is 396 Å². The van der Waals surface area contributed by atoms with Crippen LogP contribution in [0.25, 0.3) is 28.5 Å². The molecule has 1 amide bonds. The average molecular weight is 884 g/mol. The van der Waals surface area contributed by atoms with E-state index in [1.165, 1.54) is 44.2 Å². The van der Waals surface area contributed by atoms with Crippen LogP contribution in [0.1, 0.15) is 69.7 Å². The molecule has 0 spiro atoms. The molecule has 338 valence electrons. The van der Waals surface area contributed by atoms with Crippen LogP contribution in [0.3, 0.4) is 0 Å². The Hall–Kier alpha value is -7.12. The Balaban J connectivity index is 0.000000182. The molecule has 2 atom stereocenters. The van der Waals surface area contributed by atoms with E-state index >= 15 is 0 Å². The molecule has 0 radical (unpaired) electrons. The van der Waals surface area contributed by atoms with E-state index in [1.807, 2.05) is 72.6 Å². The van der Waals surface area contributed by atoms with E-state index in [9.17, 15) is 14.7 Å². The first kappa shape index (κ1) is 46.4. The second-order valence-electron chi connectivity index (χ2n) is 17.5. The van der Waals surface area contributed by atoms with Gasteiger partial charge in [-0.05, 0) is 119 Å². The van der Waals surface area contributed by atoms with Crippen molar-refractivity contribution in [2.45, 2.75) is 56.7 Å². The summed E-state index contributed by atoms with van der Waals surface area (Å²) >= 11 is 0. The van der Waals surface area contributed by atoms with Crippen molar-refractivity contribution in [3.8, 4) is 0 Å². The highest BCUT2D eigenvalue weighted by Gasteiger charge is 2.29. The van der Waals surface area contributed by atoms with Crippen LogP contribution < -0.4 is 5.32 Å². The number of benzene rings is 7. The molecule has 1 fully saturated rings. The van der Waals surface area contributed by atoms with Gasteiger partial charge in [0, 0.05) is 13.1 Å². The second-order valence-corrected chi connectivity index (χ2v) is 17.5. The third kappa shape index (κ3) is 12.4. The molecule has 1 aliphatic heterocycles. The van der Waals surface area contributed by atoms with Gasteiger partial charge in [0.1, 0.15) is 12.1 Å². The normalized spacial score (nSPS) is 15.0. The van der Waals surface area contributed by atoms with Gasteiger partial charge in [0.05, 0.1) is 0 Å². The monoisotopic (exact) mass is 883 g/mol. The van der Waals surface area contributed by atoms with Gasteiger partial charge in [-0.3, -0.25) is 19.4 Å². The number of rotatable bonds is 14. The van der Waals surface area contributed by atoms with Crippen LogP contribution in [0.2, 0.25) is 0 Å². The zero-order chi connectivity index (χ0) is 46.2. The number of carboxylic acids is 1. The minimum atomic E-state index is -0.836. The van der Waals surface area contributed by atoms with Crippen molar-refractivity contribution in [2.24, 2.45) is 0 Å². The SMILES string of the molecule is CN(CCC=C1c2ccccc2CCc2ccccc21)C(/C=C/c1ccccc1)C(=O)O.O=C(NCc1cccc2ccccc12)C(/C=C/c1ccccc1)N1CCC(c2ccccc2)CC1. The molecule has 1 saturated heterocycles. The molecule has 6 nitrogen and oxygen atoms in total. The number of likely N-dealkylation sites (tertiary alicyclic amines) is 1. The first-order valence-corrected chi connectivity index (χ1v) is 23.7. The predicted octanol–water partition coefficient (Wildman–Crippen LogP) is 12.1. The maximum atomic E-state index is 13.5. The largest absolute Gasteiger partial charge is 0.480 e. The summed E-state index contributed by atoms with van der Waals surface area (Å²) < 4.78 is 0. The number of carbonyl (C=O) groups excluding carboxylic acids is 1. The molecule has 2 N–H and O–H groups in total. The Bertz CT molecular complexity index is 2740. The highest BCUT2D eigenvalue weighted by Crippen LogP contribution is 2.34. The third-order valence-corrected chi connectivity index (χ3v) is 13.2. The lowest BCUT2D eigenvalue weighted by Gasteiger charge is -2.36. The molecule has 2 unspecified atom stereocenters. The summed E-state index contributed by atoms with van der Waals surface area (Å²) in [5.41, 5.74) is 11.2. The number of carboxylic acid groups (broad SMARTS) is 1. The zero-order valence-electron chi connectivity index (χ0n) is 38.5. The number of nitrogens with zero attached hydrogens (tertiary/aromatic N) is 2. The summed E-state index contributed by atoms with van der Waals surface area (Å²) in [6.45, 7) is 3.00. The van der Waals surface area contributed by atoms with Crippen LogP contribution in [0.5, 0.6) is 0 Å². The van der Waals surface area contributed by atoms with Crippen LogP contribution in [-0.4, -0.2) is 65.5 Å². The van der Waals surface area contributed by atoms with Crippen molar-refractivity contribution in [2.75, 3.05) is 26.7 Å². The number of aryl methyl sites for hydroxylation is 2. The number of nitrogens with one attached hydrogen (secondary N) is 1. The van der Waals surface area contributed by atoms with E-state index < -0.39 is 12.0 Å². The maximum absolute atomic E-state index is 13.5. The number of fused-ring (bicyclic) bond motifs is 3. The molecular weight excluding hydrogens is 823 g/mol. The highest BCUT2D eigenvalue weighted by molar-refractivity contribution is 5.88. The minimum Gasteiger partial charge on any atom is -0.480 e. The number of carbonyl (C=O) groups is 2. The van der Waals surface area contributed by atoms with Crippen molar-refractivity contribution in [1.82, 2.24) is 15.1 Å². The average Bonchev–Trinajstić information content (AvgIpc) is 3.53. The fourth-order valence-electron chi connectivity index (χ4n) is 9.48. The van der Waals surface area contributed by atoms with E-state index in [-0.39, 0.29) is 11.9 Å². The fraction of sp³-hybridized carbons (Fsp3) is 0.213. The van der Waals surface area contributed by atoms with Crippen LogP contribution >= 0.6 is 0 Å². The number of amides is 1. The zero-order valence-corrected chi connectivity index (χ0v) is 38.5. The molecule has 7 aromatic carbocycles. The van der Waals surface area contributed by atoms with E-state index in [2.05, 4.69) is 156 Å². The summed E-state index contributed by atoms with van der Waals surface area (Å²) in [6.07, 6.45) is 15.0. The summed E-state index contributed by atoms with van der Waals surface area (Å²) in [4.78, 5) is 29.6. The highest BCUT2D eigenvalue weighted by atomic mass is 16.4. The van der Waals surface area contributed by atoms with Crippen molar-refractivity contribution in [3.05, 3.63) is 245 Å². The smallest absolute Gasteiger partial charge is 0.324 e. The summed E-state index contributed by atoms with van der Waals surface area (Å²) in [6, 6.07) is 61.7. The molecule has 0 bridgehead atoms. The lowest BCUT2D eigenvalue weighted by atomic mass is 9.89. The number of likely N-dealkylation sites (N-methyl/N-ethyl adjacent to an activating group) is 1. The molecule has 7 aromatic rings. The molecule has 9 rings (SSSR count). The predicted molar refractivity (Wildman–Crippen MR) is 277 cm³/mol. The topological polar surface area (TPSA) is 72.9 Å². The second kappa shape index (κ2) is 23.4. The number of hydrogen-bond donors (Lipinski definition) is 2. The molecule has 1 aliphatic carbocycles. The van der Waals surface area contributed by atoms with Crippen molar-refractivity contribution < 1.29 is 14.7 Å². The third-order valence-electron chi connectivity index (χ3n) is 13.2. The fourth-order valence-corrected chi connectivity index (χ4v) is 9.48. The molecule has 1 heterocycles. The minimum absolute atomic E-state index is 0.0586. The van der Waals surface area contributed by atoms with Crippen LogP contribution in [0.4, 0.5) is 0 Å². The van der Waals surface area contributed by atoms with Gasteiger partial charge in [0.2, 0.25) is 5.91 Å². The summed E-state index contributed by atoms with van der Waals surface area (Å²) in [7, 11) is 1.88. The lowest BCUT2D eigenvalue weighted by Crippen LogP contribution is -2.48. The summed E-state index contributed by atoms with van der Waals surface area (Å²) in [5, 5.41) is 15.4. The van der Waals surface area contributed by atoms with Gasteiger partial charge >= 0.3 is 5.97 Å². The number of piperidine rings is 1. The standard InChI is InChI=1S/C32H32N2O.C29H29NO2/c35-32(33-24-29-16-9-15-28-14-7-8-17-30(28)29)31(19-18-25-10-3-1-4-11-25)34-22-20-27(21-23-34)26-12-5-2-6-13-26;1-30(28(29(31)32)20-17-22-10-3-2-4-11-22)21-9-16-27-25-14-7-5-12-23(25)18-19-24-13-6-8-15-26(24)27/h1-19,27,31H,20-24H2,(H,33,35);2-8,10-17,20,28H,9,18-19,21H2,1H3,(H,31,32)/b19-18+;20-17+. The van der Waals surface area contributed by atoms with Crippen molar-refractivity contribution in [1.29, 1.82) is 0 Å². The molecule has 67 heavy (non-hydrogen) atoms. The Kier molecular flexibility index (Phi) is 16.2. The Morgan fingerprint density at radius 1 is 0.657 bits per heavy atom. The van der Waals surface area contributed by atoms with Gasteiger partial charge in [-0.25, -0.2) is 0 Å². The molecule has 0 aromatic heterocycles. The first-order chi connectivity index (χ1) is 32.9. The quantitative estimate of drug-likeness (QED) is 0.114. The van der Waals surface area contributed by atoms with Crippen molar-refractivity contribution in [3.63, 3.8) is 0 Å². The molecule has 0 saturated carbocycles. The Morgan fingerprint density at radius 2 is 1.19 bits per heavy atom. The molecule has 6 heteroatoms. The van der Waals surface area contributed by atoms with E-state index in [1.54, 1.807) is 6.08 Å². The number of hydrogen-bond acceptors (Lipinski definition) is 4. The van der Waals surface area contributed by atoms with Gasteiger partial charge in [0.15, 0.2) is 0 Å². The molecule has 2 aliphatic rings. The van der Waals surface area contributed by atoms with E-state index in [0.717, 1.165) is 61.9 Å². The Morgan fingerprint density at radius 3 is 1.82 bits per heavy atom. The van der Waals surface area contributed by atoms with Gasteiger partial charge in [-0.15, -0.1) is 0 Å². The van der Waals surface area contributed by atoms with Crippen LogP contribution in [0.15, 0.2) is 200 Å². The molecular formula is C61H61N3O3. The number of aliphatic carboxylic acids is 1. The summed E-state index contributed by atoms with van der Waals surface area (Å²) in [5.74, 6) is -0.217. The van der Waals surface area contributed by atoms with Crippen LogP contribution in [-0.2, 0) is 29.0 Å². The van der Waals surface area contributed by atoms with Gasteiger partial charge in [0.25, 0.3) is 0 Å². The first-order valence-electron chi connectivity index (χ1n) is 23.7. The van der Waals surface area contributed by atoms with Gasteiger partial charge in [-0.1, -0.05) is 212 Å². The van der Waals surface area contributed by atoms with Gasteiger partial charge in [-0.2, -0.15) is 0 Å².